The van der Waals surface area contributed by atoms with Crippen molar-refractivity contribution >= 4 is 0 Å². The number of hydrogen-bond acceptors (Lipinski definition) is 5. The van der Waals surface area contributed by atoms with Gasteiger partial charge in [-0.1, -0.05) is 39.0 Å². The Balaban J connectivity index is 1.49. The summed E-state index contributed by atoms with van der Waals surface area (Å²) in [5.41, 5.74) is 0.165. The van der Waals surface area contributed by atoms with Gasteiger partial charge in [-0.25, -0.2) is 0 Å². The molecule has 3 fully saturated rings. The van der Waals surface area contributed by atoms with Gasteiger partial charge in [0.15, 0.2) is 11.5 Å². The third-order valence-electron chi connectivity index (χ3n) is 11.3. The van der Waals surface area contributed by atoms with Crippen LogP contribution in [-0.4, -0.2) is 58.7 Å². The van der Waals surface area contributed by atoms with Gasteiger partial charge in [0.2, 0.25) is 0 Å². The molecular formula is C29H39NO4. The normalized spacial score (nSPS) is 43.4. The zero-order chi connectivity index (χ0) is 23.9. The van der Waals surface area contributed by atoms with Crippen molar-refractivity contribution in [2.75, 3.05) is 20.2 Å². The van der Waals surface area contributed by atoms with Crippen molar-refractivity contribution in [3.05, 3.63) is 35.4 Å². The number of aromatic hydroxyl groups is 1. The first-order chi connectivity index (χ1) is 16.0. The van der Waals surface area contributed by atoms with Crippen LogP contribution in [0.25, 0.3) is 0 Å². The van der Waals surface area contributed by atoms with E-state index >= 15 is 0 Å². The maximum absolute atomic E-state index is 12.2. The Bertz CT molecular complexity index is 1100. The molecular weight excluding hydrogens is 426 g/mol. The summed E-state index contributed by atoms with van der Waals surface area (Å²) in [6.45, 7) is 10.6. The van der Waals surface area contributed by atoms with Crippen LogP contribution in [0.15, 0.2) is 24.3 Å². The Morgan fingerprint density at radius 3 is 2.62 bits per heavy atom. The number of ether oxygens (including phenoxy) is 2. The lowest BCUT2D eigenvalue weighted by Crippen LogP contribution is -2.81. The molecule has 0 radical (unpaired) electrons. The van der Waals surface area contributed by atoms with Crippen molar-refractivity contribution in [1.29, 1.82) is 0 Å². The summed E-state index contributed by atoms with van der Waals surface area (Å²) < 4.78 is 13.3. The standard InChI is InChI=1S/C29H39NO4/c1-25(2,3)26(4,32)20-15-27-10-11-29(20,33-5)24-28(27)12-13-30(16-17-6-7-17)21(27)14-18-8-9-19(31)23(34-24)22(18)28/h8-11,17,20-21,24,31-32H,6-7,12-16H2,1-5H3/t20?,21-,24-,26?,27-,28+,29-/m1/s1. The lowest BCUT2D eigenvalue weighted by Gasteiger charge is -2.73. The number of methoxy groups -OCH3 is 1. The minimum Gasteiger partial charge on any atom is -0.504 e. The van der Waals surface area contributed by atoms with Crippen LogP contribution in [0.2, 0.25) is 0 Å². The second-order valence-corrected chi connectivity index (χ2v) is 13.4. The van der Waals surface area contributed by atoms with E-state index in [1.165, 1.54) is 30.5 Å². The van der Waals surface area contributed by atoms with E-state index in [0.29, 0.717) is 11.8 Å². The van der Waals surface area contributed by atoms with Crippen molar-refractivity contribution in [1.82, 2.24) is 4.90 Å². The molecule has 0 aromatic heterocycles. The molecule has 2 N–H and O–H groups in total. The number of phenols is 1. The highest BCUT2D eigenvalue weighted by molar-refractivity contribution is 5.65. The first-order valence-electron chi connectivity index (χ1n) is 13.3. The van der Waals surface area contributed by atoms with Crippen LogP contribution in [0.1, 0.15) is 64.5 Å². The van der Waals surface area contributed by atoms with Crippen LogP contribution in [0.3, 0.4) is 0 Å². The highest BCUT2D eigenvalue weighted by atomic mass is 16.6. The number of benzene rings is 1. The Labute approximate surface area is 203 Å². The van der Waals surface area contributed by atoms with Crippen molar-refractivity contribution in [2.45, 2.75) is 88.6 Å². The number of nitrogens with zero attached hydrogens (tertiary/aromatic N) is 1. The zero-order valence-corrected chi connectivity index (χ0v) is 21.2. The fourth-order valence-electron chi connectivity index (χ4n) is 8.94. The van der Waals surface area contributed by atoms with E-state index < -0.39 is 11.2 Å². The van der Waals surface area contributed by atoms with Gasteiger partial charge in [0.05, 0.1) is 11.0 Å². The molecule has 5 aliphatic carbocycles. The summed E-state index contributed by atoms with van der Waals surface area (Å²) in [6.07, 6.45) is 10.0. The number of fused-ring (bicyclic) bond motifs is 1. The second-order valence-electron chi connectivity index (χ2n) is 13.4. The van der Waals surface area contributed by atoms with E-state index in [2.05, 4.69) is 43.9 Å². The molecule has 8 rings (SSSR count). The molecule has 34 heavy (non-hydrogen) atoms. The molecule has 2 aliphatic heterocycles. The summed E-state index contributed by atoms with van der Waals surface area (Å²) in [6, 6.07) is 4.33. The van der Waals surface area contributed by atoms with Gasteiger partial charge in [-0.15, -0.1) is 0 Å². The van der Waals surface area contributed by atoms with Crippen molar-refractivity contribution in [3.63, 3.8) is 0 Å². The maximum atomic E-state index is 12.2. The monoisotopic (exact) mass is 465 g/mol. The van der Waals surface area contributed by atoms with Crippen LogP contribution in [0.4, 0.5) is 0 Å². The Morgan fingerprint density at radius 2 is 1.94 bits per heavy atom. The molecule has 1 aromatic rings. The molecule has 4 bridgehead atoms. The minimum absolute atomic E-state index is 0.116. The van der Waals surface area contributed by atoms with Gasteiger partial charge in [0.1, 0.15) is 11.7 Å². The van der Waals surface area contributed by atoms with Crippen molar-refractivity contribution in [3.8, 4) is 11.5 Å². The lowest BCUT2D eigenvalue weighted by molar-refractivity contribution is -0.263. The second kappa shape index (κ2) is 6.22. The fourth-order valence-corrected chi connectivity index (χ4v) is 8.94. The van der Waals surface area contributed by atoms with Gasteiger partial charge in [-0.05, 0) is 68.5 Å². The highest BCUT2D eigenvalue weighted by Gasteiger charge is 2.81. The topological polar surface area (TPSA) is 62.2 Å². The molecule has 184 valence electrons. The summed E-state index contributed by atoms with van der Waals surface area (Å²) >= 11 is 0. The van der Waals surface area contributed by atoms with Gasteiger partial charge in [0.25, 0.3) is 0 Å². The molecule has 2 saturated carbocycles. The largest absolute Gasteiger partial charge is 0.504 e. The smallest absolute Gasteiger partial charge is 0.165 e. The van der Waals surface area contributed by atoms with Gasteiger partial charge >= 0.3 is 0 Å². The molecule has 7 atom stereocenters. The first-order valence-corrected chi connectivity index (χ1v) is 13.3. The quantitative estimate of drug-likeness (QED) is 0.653. The lowest BCUT2D eigenvalue weighted by atomic mass is 9.35. The van der Waals surface area contributed by atoms with Gasteiger partial charge in [-0.2, -0.15) is 0 Å². The van der Waals surface area contributed by atoms with E-state index in [4.69, 9.17) is 9.47 Å². The van der Waals surface area contributed by atoms with E-state index in [1.54, 1.807) is 7.11 Å². The first kappa shape index (κ1) is 21.7. The van der Waals surface area contributed by atoms with E-state index in [-0.39, 0.29) is 34.0 Å². The van der Waals surface area contributed by atoms with Crippen LogP contribution in [0, 0.1) is 22.7 Å². The predicted octanol–water partition coefficient (Wildman–Crippen LogP) is 4.19. The van der Waals surface area contributed by atoms with Crippen LogP contribution >= 0.6 is 0 Å². The molecule has 1 saturated heterocycles. The molecule has 1 aromatic carbocycles. The van der Waals surface area contributed by atoms with Gasteiger partial charge < -0.3 is 19.7 Å². The minimum atomic E-state index is -0.960. The van der Waals surface area contributed by atoms with Gasteiger partial charge in [-0.3, -0.25) is 4.90 Å². The average Bonchev–Trinajstić information content (AvgIpc) is 3.53. The third kappa shape index (κ3) is 2.20. The number of likely N-dealkylation sites (tertiary alicyclic amines) is 1. The number of piperidine rings is 1. The Kier molecular flexibility index (Phi) is 3.97. The maximum Gasteiger partial charge on any atom is 0.165 e. The Morgan fingerprint density at radius 1 is 1.18 bits per heavy atom. The van der Waals surface area contributed by atoms with E-state index in [0.717, 1.165) is 31.7 Å². The SMILES string of the molecule is CO[C@]12C=C[C@@]3(CC1C(C)(O)C(C)(C)C)[C@H]1Cc4ccc(O)c5c4[C@@]3(CCN1CC1CC1)[C@H]2O5. The number of hydrogen-bond donors (Lipinski definition) is 2. The molecule has 5 heteroatoms. The number of phenolic OH excluding ortho intramolecular Hbond substituents is 1. The molecule has 0 amide bonds. The summed E-state index contributed by atoms with van der Waals surface area (Å²) in [7, 11) is 1.78. The van der Waals surface area contributed by atoms with Gasteiger partial charge in [0, 0.05) is 36.6 Å². The van der Waals surface area contributed by atoms with E-state index in [9.17, 15) is 10.2 Å². The fraction of sp³-hybridized carbons (Fsp3) is 0.724. The summed E-state index contributed by atoms with van der Waals surface area (Å²) in [5, 5.41) is 23.1. The number of aliphatic hydroxyl groups is 1. The highest BCUT2D eigenvalue weighted by Crippen LogP contribution is 2.76. The van der Waals surface area contributed by atoms with Crippen LogP contribution < -0.4 is 4.74 Å². The van der Waals surface area contributed by atoms with Crippen molar-refractivity contribution < 1.29 is 19.7 Å². The molecule has 5 nitrogen and oxygen atoms in total. The summed E-state index contributed by atoms with van der Waals surface area (Å²) in [4.78, 5) is 2.77. The molecule has 2 spiro atoms. The molecule has 2 unspecified atom stereocenters. The van der Waals surface area contributed by atoms with Crippen LogP contribution in [0.5, 0.6) is 11.5 Å². The zero-order valence-electron chi connectivity index (χ0n) is 21.2. The van der Waals surface area contributed by atoms with Crippen molar-refractivity contribution in [2.24, 2.45) is 22.7 Å². The molecule has 7 aliphatic rings. The average molecular weight is 466 g/mol. The summed E-state index contributed by atoms with van der Waals surface area (Å²) in [5.74, 6) is 1.62. The third-order valence-corrected chi connectivity index (χ3v) is 11.3. The Hall–Kier alpha value is -1.56. The van der Waals surface area contributed by atoms with E-state index in [1.807, 2.05) is 13.0 Å². The molecule has 2 heterocycles. The predicted molar refractivity (Wildman–Crippen MR) is 130 cm³/mol. The van der Waals surface area contributed by atoms with Crippen LogP contribution in [-0.2, 0) is 16.6 Å². The number of rotatable bonds is 4.